The van der Waals surface area contributed by atoms with Gasteiger partial charge in [-0.25, -0.2) is 0 Å². The van der Waals surface area contributed by atoms with Gasteiger partial charge in [0.05, 0.1) is 0 Å². The van der Waals surface area contributed by atoms with Crippen molar-refractivity contribution in [3.63, 3.8) is 0 Å². The summed E-state index contributed by atoms with van der Waals surface area (Å²) in [6.07, 6.45) is 7.14. The second-order valence-corrected chi connectivity index (χ2v) is 5.70. The van der Waals surface area contributed by atoms with Crippen molar-refractivity contribution in [1.82, 2.24) is 4.57 Å². The van der Waals surface area contributed by atoms with Crippen LogP contribution in [0.25, 0.3) is 10.9 Å². The zero-order valence-electron chi connectivity index (χ0n) is 12.0. The molecule has 0 unspecified atom stereocenters. The molecule has 1 aliphatic carbocycles. The van der Waals surface area contributed by atoms with Crippen LogP contribution >= 0.6 is 0 Å². The van der Waals surface area contributed by atoms with Crippen LogP contribution in [0.3, 0.4) is 0 Å². The van der Waals surface area contributed by atoms with Crippen molar-refractivity contribution in [3.05, 3.63) is 35.0 Å². The van der Waals surface area contributed by atoms with Crippen molar-refractivity contribution in [1.29, 1.82) is 5.41 Å². The molecule has 0 amide bonds. The molecule has 1 aromatic carbocycles. The summed E-state index contributed by atoms with van der Waals surface area (Å²) in [5.74, 6) is -0.585. The summed E-state index contributed by atoms with van der Waals surface area (Å²) < 4.78 is 2.45. The highest BCUT2D eigenvalue weighted by Crippen LogP contribution is 2.33. The van der Waals surface area contributed by atoms with E-state index < -0.39 is 5.90 Å². The Morgan fingerprint density at radius 1 is 1.30 bits per heavy atom. The molecule has 0 radical (unpaired) electrons. The third-order valence-electron chi connectivity index (χ3n) is 4.37. The summed E-state index contributed by atoms with van der Waals surface area (Å²) in [5.41, 5.74) is 4.65. The number of rotatable bonds is 4. The summed E-state index contributed by atoms with van der Waals surface area (Å²) in [6.45, 7) is 3.28. The summed E-state index contributed by atoms with van der Waals surface area (Å²) in [5, 5.41) is 19.8. The van der Waals surface area contributed by atoms with E-state index in [0.717, 1.165) is 19.4 Å². The molecule has 2 aromatic rings. The van der Waals surface area contributed by atoms with Gasteiger partial charge in [-0.05, 0) is 61.3 Å². The highest BCUT2D eigenvalue weighted by molar-refractivity contribution is 5.95. The smallest absolute Gasteiger partial charge is 0.0485 e. The van der Waals surface area contributed by atoms with Crippen molar-refractivity contribution in [2.24, 2.45) is 0 Å². The van der Waals surface area contributed by atoms with Crippen LogP contribution < -0.4 is 5.11 Å². The summed E-state index contributed by atoms with van der Waals surface area (Å²) in [7, 11) is 0. The second-order valence-electron chi connectivity index (χ2n) is 5.70. The molecule has 0 fully saturated rings. The Morgan fingerprint density at radius 3 is 2.85 bits per heavy atom. The number of nitrogens with one attached hydrogen (secondary N) is 1. The quantitative estimate of drug-likeness (QED) is 0.673. The van der Waals surface area contributed by atoms with Crippen LogP contribution in [0.5, 0.6) is 0 Å². The predicted octanol–water partition coefficient (Wildman–Crippen LogP) is 3.01. The highest BCUT2D eigenvalue weighted by atomic mass is 16.3. The molecule has 0 bridgehead atoms. The molecule has 3 rings (SSSR count). The number of aromatic nitrogens is 1. The van der Waals surface area contributed by atoms with Crippen molar-refractivity contribution in [2.75, 3.05) is 0 Å². The number of unbranched alkanes of at least 4 members (excludes halogenated alkanes) is 1. The largest absolute Gasteiger partial charge is 0.859 e. The van der Waals surface area contributed by atoms with E-state index in [1.165, 1.54) is 47.8 Å². The van der Waals surface area contributed by atoms with E-state index >= 15 is 0 Å². The molecule has 0 spiro atoms. The molecule has 1 aliphatic rings. The van der Waals surface area contributed by atoms with E-state index in [0.29, 0.717) is 5.56 Å². The Labute approximate surface area is 119 Å². The molecule has 0 saturated carbocycles. The van der Waals surface area contributed by atoms with E-state index in [9.17, 15) is 5.11 Å². The molecular formula is C17H21N2O-. The van der Waals surface area contributed by atoms with E-state index in [1.54, 1.807) is 6.07 Å². The fourth-order valence-electron chi connectivity index (χ4n) is 3.35. The van der Waals surface area contributed by atoms with E-state index in [-0.39, 0.29) is 0 Å². The number of hydrogen-bond acceptors (Lipinski definition) is 2. The third-order valence-corrected chi connectivity index (χ3v) is 4.37. The maximum Gasteiger partial charge on any atom is 0.0485 e. The minimum absolute atomic E-state index is 0.513. The van der Waals surface area contributed by atoms with Crippen LogP contribution in [0.4, 0.5) is 0 Å². The molecule has 0 aliphatic heterocycles. The lowest BCUT2D eigenvalue weighted by molar-refractivity contribution is -0.214. The Kier molecular flexibility index (Phi) is 3.51. The van der Waals surface area contributed by atoms with Gasteiger partial charge in [-0.2, -0.15) is 0 Å². The van der Waals surface area contributed by atoms with Crippen LogP contribution in [-0.2, 0) is 19.4 Å². The van der Waals surface area contributed by atoms with Gasteiger partial charge < -0.3 is 15.1 Å². The monoisotopic (exact) mass is 269 g/mol. The lowest BCUT2D eigenvalue weighted by Crippen LogP contribution is -2.16. The zero-order chi connectivity index (χ0) is 14.1. The van der Waals surface area contributed by atoms with E-state index in [4.69, 9.17) is 5.41 Å². The lowest BCUT2D eigenvalue weighted by atomic mass is 9.95. The fourth-order valence-corrected chi connectivity index (χ4v) is 3.35. The SMILES string of the molecule is CCCCn1c2c(c3cc(C(=N)[O-])ccc31)CCCC2. The van der Waals surface area contributed by atoms with Gasteiger partial charge >= 0.3 is 0 Å². The molecule has 106 valence electrons. The summed E-state index contributed by atoms with van der Waals surface area (Å²) in [4.78, 5) is 0. The fraction of sp³-hybridized carbons (Fsp3) is 0.471. The molecular weight excluding hydrogens is 248 g/mol. The van der Waals surface area contributed by atoms with E-state index in [2.05, 4.69) is 11.5 Å². The molecule has 0 saturated heterocycles. The first-order valence-electron chi connectivity index (χ1n) is 7.62. The molecule has 0 atom stereocenters. The number of benzene rings is 1. The average Bonchev–Trinajstić information content (AvgIpc) is 2.78. The zero-order valence-corrected chi connectivity index (χ0v) is 12.0. The Hall–Kier alpha value is -1.77. The molecule has 20 heavy (non-hydrogen) atoms. The molecule has 1 N–H and O–H groups in total. The van der Waals surface area contributed by atoms with Gasteiger partial charge in [-0.1, -0.05) is 19.4 Å². The Morgan fingerprint density at radius 2 is 2.10 bits per heavy atom. The van der Waals surface area contributed by atoms with Crippen LogP contribution in [0, 0.1) is 5.41 Å². The third kappa shape index (κ3) is 2.11. The first kappa shape index (κ1) is 13.2. The van der Waals surface area contributed by atoms with Gasteiger partial charge in [0.25, 0.3) is 0 Å². The molecule has 1 aromatic heterocycles. The van der Waals surface area contributed by atoms with Gasteiger partial charge in [0.1, 0.15) is 0 Å². The van der Waals surface area contributed by atoms with Gasteiger partial charge in [-0.15, -0.1) is 0 Å². The minimum Gasteiger partial charge on any atom is -0.859 e. The molecule has 3 nitrogen and oxygen atoms in total. The Bertz CT molecular complexity index is 655. The van der Waals surface area contributed by atoms with Crippen LogP contribution in [-0.4, -0.2) is 10.5 Å². The first-order valence-corrected chi connectivity index (χ1v) is 7.62. The Balaban J connectivity index is 2.19. The number of fused-ring (bicyclic) bond motifs is 3. The molecule has 1 heterocycles. The average molecular weight is 269 g/mol. The van der Waals surface area contributed by atoms with Gasteiger partial charge in [0, 0.05) is 23.1 Å². The highest BCUT2D eigenvalue weighted by Gasteiger charge is 2.19. The van der Waals surface area contributed by atoms with Crippen LogP contribution in [0.2, 0.25) is 0 Å². The molecule has 3 heteroatoms. The minimum atomic E-state index is -0.585. The van der Waals surface area contributed by atoms with Crippen molar-refractivity contribution >= 4 is 16.8 Å². The predicted molar refractivity (Wildman–Crippen MR) is 80.3 cm³/mol. The van der Waals surface area contributed by atoms with Gasteiger partial charge in [-0.3, -0.25) is 0 Å². The number of nitrogens with zero attached hydrogens (tertiary/aromatic N) is 1. The lowest BCUT2D eigenvalue weighted by Gasteiger charge is -2.15. The standard InChI is InChI=1S/C17H22N2O/c1-2-3-10-19-15-7-5-4-6-13(15)14-11-12(17(18)20)8-9-16(14)19/h8-9,11H,2-7,10H2,1H3,(H2,18,20)/p-1. The second kappa shape index (κ2) is 5.31. The normalized spacial score (nSPS) is 14.4. The summed E-state index contributed by atoms with van der Waals surface area (Å²) in [6, 6.07) is 5.76. The van der Waals surface area contributed by atoms with E-state index in [1.807, 2.05) is 12.1 Å². The van der Waals surface area contributed by atoms with Crippen molar-refractivity contribution in [2.45, 2.75) is 52.0 Å². The first-order chi connectivity index (χ1) is 9.72. The van der Waals surface area contributed by atoms with Gasteiger partial charge in [0.2, 0.25) is 0 Å². The maximum absolute atomic E-state index is 11.3. The maximum atomic E-state index is 11.3. The van der Waals surface area contributed by atoms with Crippen molar-refractivity contribution < 1.29 is 5.11 Å². The topological polar surface area (TPSA) is 51.8 Å². The van der Waals surface area contributed by atoms with Gasteiger partial charge in [0.15, 0.2) is 0 Å². The van der Waals surface area contributed by atoms with Crippen LogP contribution in [0.1, 0.15) is 49.4 Å². The van der Waals surface area contributed by atoms with Crippen molar-refractivity contribution in [3.8, 4) is 0 Å². The van der Waals surface area contributed by atoms with Crippen LogP contribution in [0.15, 0.2) is 18.2 Å². The summed E-state index contributed by atoms with van der Waals surface area (Å²) >= 11 is 0. The number of aryl methyl sites for hydroxylation is 2. The number of hydrogen-bond donors (Lipinski definition) is 1.